The minimum Gasteiger partial charge on any atom is -0.465 e. The highest BCUT2D eigenvalue weighted by Crippen LogP contribution is 2.40. The Hall–Kier alpha value is -5.18. The molecule has 2 heterocycles. The maximum absolute atomic E-state index is 12.0. The molecule has 0 spiro atoms. The molecule has 0 saturated carbocycles. The van der Waals surface area contributed by atoms with Crippen LogP contribution >= 0.6 is 23.5 Å². The molecule has 308 valence electrons. The number of methoxy groups -OCH3 is 2. The molecule has 2 aliphatic rings. The van der Waals surface area contributed by atoms with Crippen LogP contribution in [0.15, 0.2) is 141 Å². The Morgan fingerprint density at radius 2 is 1.02 bits per heavy atom. The molecule has 60 heavy (non-hydrogen) atoms. The zero-order valence-corrected chi connectivity index (χ0v) is 36.7. The fourth-order valence-corrected chi connectivity index (χ4v) is 10.7. The smallest absolute Gasteiger partial charge is 0.338 e. The number of esters is 2. The summed E-state index contributed by atoms with van der Waals surface area (Å²) in [6.45, 7) is 4.27. The average Bonchev–Trinajstić information content (AvgIpc) is 3.27. The lowest BCUT2D eigenvalue weighted by Crippen LogP contribution is -2.12. The van der Waals surface area contributed by atoms with E-state index in [1.807, 2.05) is 23.5 Å². The first-order valence-electron chi connectivity index (χ1n) is 21.0. The van der Waals surface area contributed by atoms with Gasteiger partial charge in [-0.1, -0.05) is 71.0 Å². The first kappa shape index (κ1) is 42.9. The van der Waals surface area contributed by atoms with E-state index < -0.39 is 0 Å². The van der Waals surface area contributed by atoms with Crippen molar-refractivity contribution in [3.8, 4) is 0 Å². The maximum Gasteiger partial charge on any atom is 0.338 e. The van der Waals surface area contributed by atoms with Crippen LogP contribution in [0.2, 0.25) is 0 Å². The Labute approximate surface area is 364 Å². The highest BCUT2D eigenvalue weighted by atomic mass is 32.2. The van der Waals surface area contributed by atoms with Crippen LogP contribution in [0, 0.1) is 13.8 Å². The van der Waals surface area contributed by atoms with Gasteiger partial charge in [-0.05, 0) is 184 Å². The van der Waals surface area contributed by atoms with Gasteiger partial charge < -0.3 is 9.47 Å². The first-order chi connectivity index (χ1) is 29.3. The molecule has 8 rings (SSSR count). The second-order valence-electron chi connectivity index (χ2n) is 15.9. The monoisotopic (exact) mass is 834 g/mol. The molecule has 8 heteroatoms. The minimum atomic E-state index is -0.283. The number of nitrogens with zero attached hydrogens (tertiary/aromatic N) is 2. The van der Waals surface area contributed by atoms with Crippen molar-refractivity contribution in [1.82, 2.24) is 9.97 Å². The molecule has 2 atom stereocenters. The van der Waals surface area contributed by atoms with E-state index in [1.165, 1.54) is 92.9 Å². The number of fused-ring (bicyclic) bond motifs is 2. The molecular weight excluding hydrogens is 781 g/mol. The molecule has 0 amide bonds. The second-order valence-corrected chi connectivity index (χ2v) is 18.2. The summed E-state index contributed by atoms with van der Waals surface area (Å²) in [5.41, 5.74) is 11.7. The van der Waals surface area contributed by atoms with Crippen LogP contribution in [-0.4, -0.2) is 36.1 Å². The Balaban J connectivity index is 0.000000181. The fourth-order valence-electron chi connectivity index (χ4n) is 8.67. The fraction of sp³-hybridized carbons (Fsp3) is 0.308. The maximum atomic E-state index is 12.0. The number of benzene rings is 4. The third kappa shape index (κ3) is 11.1. The summed E-state index contributed by atoms with van der Waals surface area (Å²) in [4.78, 5) is 37.7. The summed E-state index contributed by atoms with van der Waals surface area (Å²) in [6, 6.07) is 34.7. The van der Waals surface area contributed by atoms with Gasteiger partial charge in [0.25, 0.3) is 0 Å². The lowest BCUT2D eigenvalue weighted by Gasteiger charge is -2.26. The Morgan fingerprint density at radius 3 is 1.43 bits per heavy atom. The van der Waals surface area contributed by atoms with Gasteiger partial charge in [0, 0.05) is 44.4 Å². The average molecular weight is 835 g/mol. The van der Waals surface area contributed by atoms with Gasteiger partial charge in [-0.3, -0.25) is 9.97 Å². The minimum absolute atomic E-state index is 0.283. The summed E-state index contributed by atoms with van der Waals surface area (Å²) < 4.78 is 9.85. The largest absolute Gasteiger partial charge is 0.465 e. The molecule has 0 radical (unpaired) electrons. The number of aryl methyl sites for hydroxylation is 6. The van der Waals surface area contributed by atoms with Crippen molar-refractivity contribution >= 4 is 35.5 Å². The van der Waals surface area contributed by atoms with E-state index in [0.717, 1.165) is 49.7 Å². The zero-order valence-electron chi connectivity index (χ0n) is 35.1. The van der Waals surface area contributed by atoms with E-state index in [1.54, 1.807) is 36.9 Å². The first-order valence-corrected chi connectivity index (χ1v) is 22.7. The van der Waals surface area contributed by atoms with Gasteiger partial charge >= 0.3 is 11.9 Å². The predicted octanol–water partition coefficient (Wildman–Crippen LogP) is 12.8. The number of carbonyl (C=O) groups is 2. The van der Waals surface area contributed by atoms with Crippen LogP contribution in [0.1, 0.15) is 116 Å². The van der Waals surface area contributed by atoms with Crippen LogP contribution in [0.5, 0.6) is 0 Å². The van der Waals surface area contributed by atoms with Crippen LogP contribution in [0.25, 0.3) is 0 Å². The lowest BCUT2D eigenvalue weighted by atomic mass is 9.80. The number of hydrogen-bond acceptors (Lipinski definition) is 8. The quantitative estimate of drug-likeness (QED) is 0.113. The summed E-state index contributed by atoms with van der Waals surface area (Å²) >= 11 is 3.67. The number of rotatable bonds is 12. The van der Waals surface area contributed by atoms with Gasteiger partial charge in [-0.2, -0.15) is 0 Å². The van der Waals surface area contributed by atoms with Crippen molar-refractivity contribution in [3.05, 3.63) is 177 Å². The van der Waals surface area contributed by atoms with Crippen LogP contribution in [-0.2, 0) is 35.2 Å². The molecule has 0 unspecified atom stereocenters. The van der Waals surface area contributed by atoms with Crippen molar-refractivity contribution in [2.45, 2.75) is 109 Å². The molecule has 0 aliphatic heterocycles. The van der Waals surface area contributed by atoms with Crippen molar-refractivity contribution in [1.29, 1.82) is 0 Å². The van der Waals surface area contributed by atoms with Crippen molar-refractivity contribution < 1.29 is 19.1 Å². The van der Waals surface area contributed by atoms with E-state index in [2.05, 4.69) is 109 Å². The van der Waals surface area contributed by atoms with Crippen LogP contribution in [0.3, 0.4) is 0 Å². The highest BCUT2D eigenvalue weighted by Gasteiger charge is 2.23. The molecule has 6 aromatic rings. The Bertz CT molecular complexity index is 2260. The molecule has 0 bridgehead atoms. The standard InChI is InChI=1S/2C26H27NO2S/c2*1-18-5-3-8-22(15-18)30-23-11-12-24-19(6-4-7-20(24)16-23)9-10-21-17-27-14-13-25(21)26(28)29-2/h2*3,5,8,11-17,19H,4,6-7,9-10H2,1-2H3/t2*19-/m10/s1. The van der Waals surface area contributed by atoms with Gasteiger partial charge in [-0.15, -0.1) is 0 Å². The third-order valence-corrected chi connectivity index (χ3v) is 13.7. The number of pyridine rings is 2. The molecule has 0 saturated heterocycles. The Kier molecular flexibility index (Phi) is 14.9. The molecule has 6 nitrogen and oxygen atoms in total. The van der Waals surface area contributed by atoms with E-state index in [0.29, 0.717) is 23.0 Å². The van der Waals surface area contributed by atoms with Crippen LogP contribution < -0.4 is 0 Å². The molecular formula is C52H54N2O4S2. The number of ether oxygens (including phenoxy) is 2. The van der Waals surface area contributed by atoms with E-state index in [9.17, 15) is 9.59 Å². The van der Waals surface area contributed by atoms with E-state index in [4.69, 9.17) is 9.47 Å². The van der Waals surface area contributed by atoms with E-state index >= 15 is 0 Å². The van der Waals surface area contributed by atoms with Gasteiger partial charge in [0.2, 0.25) is 0 Å². The van der Waals surface area contributed by atoms with E-state index in [-0.39, 0.29) is 11.9 Å². The van der Waals surface area contributed by atoms with Crippen LogP contribution in [0.4, 0.5) is 0 Å². The van der Waals surface area contributed by atoms with Gasteiger partial charge in [0.1, 0.15) is 0 Å². The zero-order chi connectivity index (χ0) is 41.8. The summed E-state index contributed by atoms with van der Waals surface area (Å²) in [5.74, 6) is 0.485. The SMILES string of the molecule is COC(=O)c1ccncc1CC[C@@H]1CCCc2cc(Sc3cccc(C)c3)ccc21.COC(=O)c1ccncc1CC[C@H]1CCCc2cc(Sc3cccc(C)c3)ccc21. The molecule has 0 N–H and O–H groups in total. The number of hydrogen-bond donors (Lipinski definition) is 0. The predicted molar refractivity (Wildman–Crippen MR) is 243 cm³/mol. The second kappa shape index (κ2) is 20.9. The van der Waals surface area contributed by atoms with Crippen molar-refractivity contribution in [2.75, 3.05) is 14.2 Å². The van der Waals surface area contributed by atoms with Crippen molar-refractivity contribution in [2.24, 2.45) is 0 Å². The van der Waals surface area contributed by atoms with Gasteiger partial charge in [0.15, 0.2) is 0 Å². The topological polar surface area (TPSA) is 78.4 Å². The third-order valence-electron chi connectivity index (χ3n) is 11.7. The number of aromatic nitrogens is 2. The van der Waals surface area contributed by atoms with Crippen molar-refractivity contribution in [3.63, 3.8) is 0 Å². The van der Waals surface area contributed by atoms with Gasteiger partial charge in [0.05, 0.1) is 25.3 Å². The Morgan fingerprint density at radius 1 is 0.583 bits per heavy atom. The molecule has 2 aliphatic carbocycles. The normalized spacial score (nSPS) is 15.5. The molecule has 2 aromatic heterocycles. The molecule has 0 fully saturated rings. The summed E-state index contributed by atoms with van der Waals surface area (Å²) in [6.07, 6.45) is 17.7. The molecule has 4 aromatic carbocycles. The lowest BCUT2D eigenvalue weighted by molar-refractivity contribution is 0.0590. The summed E-state index contributed by atoms with van der Waals surface area (Å²) in [7, 11) is 2.85. The highest BCUT2D eigenvalue weighted by molar-refractivity contribution is 7.99. The van der Waals surface area contributed by atoms with Gasteiger partial charge in [-0.25, -0.2) is 9.59 Å². The number of carbonyl (C=O) groups excluding carboxylic acids is 2. The summed E-state index contributed by atoms with van der Waals surface area (Å²) in [5, 5.41) is 0.